The predicted molar refractivity (Wildman–Crippen MR) is 79.0 cm³/mol. The summed E-state index contributed by atoms with van der Waals surface area (Å²) in [5.74, 6) is -0.298. The van der Waals surface area contributed by atoms with Crippen LogP contribution in [-0.4, -0.2) is 13.1 Å². The number of carbonyl (C=O) groups is 1. The number of fused-ring (bicyclic) bond motifs is 1. The molecule has 0 spiro atoms. The average Bonchev–Trinajstić information content (AvgIpc) is 2.90. The number of carbonyl (C=O) groups excluding carboxylic acids is 1. The van der Waals surface area contributed by atoms with Crippen LogP contribution in [0.1, 0.15) is 33.1 Å². The molecule has 20 heavy (non-hydrogen) atoms. The van der Waals surface area contributed by atoms with E-state index in [-0.39, 0.29) is 12.0 Å². The standard InChI is InChI=1S/C17H17NO2/c1-11-3-5-12(6-4-11)15-9-13-7-8-14(17(19)20-2)10-16(13)18-15/h3-8,10,15,18H,9H2,1-2H3. The molecule has 0 bridgehead atoms. The maximum Gasteiger partial charge on any atom is 0.337 e. The minimum atomic E-state index is -0.298. The van der Waals surface area contributed by atoms with E-state index >= 15 is 0 Å². The Morgan fingerprint density at radius 2 is 1.95 bits per heavy atom. The Labute approximate surface area is 118 Å². The number of esters is 1. The molecule has 3 rings (SSSR count). The lowest BCUT2D eigenvalue weighted by molar-refractivity contribution is 0.0601. The number of benzene rings is 2. The molecule has 2 aromatic rings. The highest BCUT2D eigenvalue weighted by molar-refractivity contribution is 5.91. The fourth-order valence-corrected chi connectivity index (χ4v) is 2.59. The van der Waals surface area contributed by atoms with Crippen LogP contribution >= 0.6 is 0 Å². The van der Waals surface area contributed by atoms with Crippen molar-refractivity contribution in [1.82, 2.24) is 0 Å². The normalized spacial score (nSPS) is 16.4. The van der Waals surface area contributed by atoms with Gasteiger partial charge in [0.05, 0.1) is 18.7 Å². The van der Waals surface area contributed by atoms with Crippen LogP contribution in [0.25, 0.3) is 0 Å². The highest BCUT2D eigenvalue weighted by atomic mass is 16.5. The molecular formula is C17H17NO2. The monoisotopic (exact) mass is 267 g/mol. The molecule has 3 nitrogen and oxygen atoms in total. The third-order valence-corrected chi connectivity index (χ3v) is 3.76. The second kappa shape index (κ2) is 5.00. The molecule has 1 atom stereocenters. The third-order valence-electron chi connectivity index (χ3n) is 3.76. The van der Waals surface area contributed by atoms with E-state index < -0.39 is 0 Å². The second-order valence-electron chi connectivity index (χ2n) is 5.18. The second-order valence-corrected chi connectivity index (χ2v) is 5.18. The number of aryl methyl sites for hydroxylation is 1. The zero-order valence-electron chi connectivity index (χ0n) is 11.6. The average molecular weight is 267 g/mol. The number of methoxy groups -OCH3 is 1. The summed E-state index contributed by atoms with van der Waals surface area (Å²) >= 11 is 0. The van der Waals surface area contributed by atoms with Gasteiger partial charge >= 0.3 is 5.97 Å². The van der Waals surface area contributed by atoms with Crippen molar-refractivity contribution in [2.45, 2.75) is 19.4 Å². The van der Waals surface area contributed by atoms with Gasteiger partial charge in [0, 0.05) is 5.69 Å². The fraction of sp³-hybridized carbons (Fsp3) is 0.235. The van der Waals surface area contributed by atoms with Crippen molar-refractivity contribution in [2.75, 3.05) is 12.4 Å². The quantitative estimate of drug-likeness (QED) is 0.846. The molecule has 102 valence electrons. The van der Waals surface area contributed by atoms with Gasteiger partial charge in [-0.1, -0.05) is 35.9 Å². The van der Waals surface area contributed by atoms with Crippen molar-refractivity contribution >= 4 is 11.7 Å². The van der Waals surface area contributed by atoms with Gasteiger partial charge in [-0.25, -0.2) is 4.79 Å². The molecule has 0 aromatic heterocycles. The lowest BCUT2D eigenvalue weighted by Crippen LogP contribution is -2.05. The van der Waals surface area contributed by atoms with Crippen LogP contribution in [0.3, 0.4) is 0 Å². The number of hydrogen-bond donors (Lipinski definition) is 1. The SMILES string of the molecule is COC(=O)c1ccc2c(c1)NC(c1ccc(C)cc1)C2. The van der Waals surface area contributed by atoms with Gasteiger partial charge in [0.1, 0.15) is 0 Å². The Kier molecular flexibility index (Phi) is 3.18. The smallest absolute Gasteiger partial charge is 0.337 e. The van der Waals surface area contributed by atoms with Crippen LogP contribution in [0.2, 0.25) is 0 Å². The number of hydrogen-bond acceptors (Lipinski definition) is 3. The highest BCUT2D eigenvalue weighted by Crippen LogP contribution is 2.34. The third kappa shape index (κ3) is 2.27. The number of rotatable bonds is 2. The molecule has 0 aliphatic carbocycles. The van der Waals surface area contributed by atoms with E-state index in [1.165, 1.54) is 23.8 Å². The Morgan fingerprint density at radius 3 is 2.65 bits per heavy atom. The lowest BCUT2D eigenvalue weighted by Gasteiger charge is -2.11. The number of ether oxygens (including phenoxy) is 1. The summed E-state index contributed by atoms with van der Waals surface area (Å²) in [6.45, 7) is 2.09. The van der Waals surface area contributed by atoms with Gasteiger partial charge in [0.25, 0.3) is 0 Å². The van der Waals surface area contributed by atoms with Crippen molar-refractivity contribution in [3.8, 4) is 0 Å². The summed E-state index contributed by atoms with van der Waals surface area (Å²) in [5.41, 5.74) is 5.38. The van der Waals surface area contributed by atoms with Crippen molar-refractivity contribution in [2.24, 2.45) is 0 Å². The summed E-state index contributed by atoms with van der Waals surface area (Å²) in [6, 6.07) is 14.5. The first kappa shape index (κ1) is 12.7. The Bertz CT molecular complexity index is 647. The van der Waals surface area contributed by atoms with Gasteiger partial charge in [-0.05, 0) is 36.6 Å². The van der Waals surface area contributed by atoms with Gasteiger partial charge in [-0.15, -0.1) is 0 Å². The summed E-state index contributed by atoms with van der Waals surface area (Å²) < 4.78 is 4.75. The maximum absolute atomic E-state index is 11.6. The summed E-state index contributed by atoms with van der Waals surface area (Å²) in [6.07, 6.45) is 0.944. The summed E-state index contributed by atoms with van der Waals surface area (Å²) in [7, 11) is 1.40. The fourth-order valence-electron chi connectivity index (χ4n) is 2.59. The highest BCUT2D eigenvalue weighted by Gasteiger charge is 2.23. The molecule has 3 heteroatoms. The first-order valence-corrected chi connectivity index (χ1v) is 6.72. The van der Waals surface area contributed by atoms with E-state index in [4.69, 9.17) is 4.74 Å². The van der Waals surface area contributed by atoms with Crippen molar-refractivity contribution in [3.05, 3.63) is 64.7 Å². The van der Waals surface area contributed by atoms with Gasteiger partial charge in [-0.2, -0.15) is 0 Å². The van der Waals surface area contributed by atoms with Crippen LogP contribution in [0.5, 0.6) is 0 Å². The van der Waals surface area contributed by atoms with Crippen LogP contribution in [0.4, 0.5) is 5.69 Å². The molecular weight excluding hydrogens is 250 g/mol. The minimum Gasteiger partial charge on any atom is -0.465 e. The van der Waals surface area contributed by atoms with E-state index in [0.29, 0.717) is 5.56 Å². The Morgan fingerprint density at radius 1 is 1.20 bits per heavy atom. The minimum absolute atomic E-state index is 0.276. The first-order valence-electron chi connectivity index (χ1n) is 6.72. The molecule has 1 heterocycles. The van der Waals surface area contributed by atoms with Crippen molar-refractivity contribution < 1.29 is 9.53 Å². The summed E-state index contributed by atoms with van der Waals surface area (Å²) in [5, 5.41) is 3.48. The molecule has 2 aromatic carbocycles. The molecule has 0 amide bonds. The van der Waals surface area contributed by atoms with Gasteiger partial charge < -0.3 is 10.1 Å². The molecule has 0 saturated carbocycles. The largest absolute Gasteiger partial charge is 0.465 e. The first-order chi connectivity index (χ1) is 9.67. The Hall–Kier alpha value is -2.29. The van der Waals surface area contributed by atoms with Crippen LogP contribution < -0.4 is 5.32 Å². The van der Waals surface area contributed by atoms with E-state index in [0.717, 1.165) is 12.1 Å². The van der Waals surface area contributed by atoms with Crippen LogP contribution in [0.15, 0.2) is 42.5 Å². The van der Waals surface area contributed by atoms with Crippen LogP contribution in [0, 0.1) is 6.92 Å². The van der Waals surface area contributed by atoms with Gasteiger partial charge in [0.2, 0.25) is 0 Å². The van der Waals surface area contributed by atoms with Gasteiger partial charge in [-0.3, -0.25) is 0 Å². The topological polar surface area (TPSA) is 38.3 Å². The van der Waals surface area contributed by atoms with Gasteiger partial charge in [0.15, 0.2) is 0 Å². The molecule has 0 saturated heterocycles. The molecule has 1 N–H and O–H groups in total. The van der Waals surface area contributed by atoms with E-state index in [2.05, 4.69) is 36.5 Å². The lowest BCUT2D eigenvalue weighted by atomic mass is 10.0. The maximum atomic E-state index is 11.6. The molecule has 1 aliphatic rings. The van der Waals surface area contributed by atoms with Crippen molar-refractivity contribution in [1.29, 1.82) is 0 Å². The number of anilines is 1. The van der Waals surface area contributed by atoms with Crippen LogP contribution in [-0.2, 0) is 11.2 Å². The summed E-state index contributed by atoms with van der Waals surface area (Å²) in [4.78, 5) is 11.6. The molecule has 1 unspecified atom stereocenters. The molecule has 0 fully saturated rings. The number of nitrogens with one attached hydrogen (secondary N) is 1. The predicted octanol–water partition coefficient (Wildman–Crippen LogP) is 3.49. The van der Waals surface area contributed by atoms with E-state index in [9.17, 15) is 4.79 Å². The van der Waals surface area contributed by atoms with E-state index in [1.54, 1.807) is 0 Å². The molecule has 1 aliphatic heterocycles. The zero-order chi connectivity index (χ0) is 14.1. The zero-order valence-corrected chi connectivity index (χ0v) is 11.6. The van der Waals surface area contributed by atoms with E-state index in [1.807, 2.05) is 18.2 Å². The van der Waals surface area contributed by atoms with Crippen molar-refractivity contribution in [3.63, 3.8) is 0 Å². The molecule has 0 radical (unpaired) electrons. The Balaban J connectivity index is 1.85.